The lowest BCUT2D eigenvalue weighted by atomic mass is 10.1. The van der Waals surface area contributed by atoms with Gasteiger partial charge in [-0.25, -0.2) is 9.18 Å². The van der Waals surface area contributed by atoms with Crippen LogP contribution < -0.4 is 5.32 Å². The van der Waals surface area contributed by atoms with Gasteiger partial charge in [0, 0.05) is 5.69 Å². The average Bonchev–Trinajstić information content (AvgIpc) is 2.23. The average molecular weight is 249 g/mol. The molecule has 3 nitrogen and oxygen atoms in total. The number of esters is 1. The fraction of sp³-hybridized carbons (Fsp3) is 0.357. The second-order valence-corrected chi connectivity index (χ2v) is 4.75. The van der Waals surface area contributed by atoms with E-state index in [1.54, 1.807) is 26.8 Å². The van der Waals surface area contributed by atoms with Gasteiger partial charge in [0.05, 0.1) is 12.1 Å². The van der Waals surface area contributed by atoms with E-state index in [9.17, 15) is 9.18 Å². The number of ether oxygens (including phenoxy) is 1. The first kappa shape index (κ1) is 14.0. The molecule has 1 aromatic carbocycles. The molecule has 0 radical (unpaired) electrons. The minimum atomic E-state index is -0.677. The van der Waals surface area contributed by atoms with Crippen LogP contribution in [0, 0.1) is 18.2 Å². The van der Waals surface area contributed by atoms with Gasteiger partial charge in [-0.05, 0) is 39.0 Å². The Morgan fingerprint density at radius 3 is 2.67 bits per heavy atom. The van der Waals surface area contributed by atoms with E-state index in [1.165, 1.54) is 12.1 Å². The molecule has 0 aliphatic carbocycles. The molecule has 0 saturated heterocycles. The summed E-state index contributed by atoms with van der Waals surface area (Å²) in [7, 11) is 0. The minimum Gasteiger partial charge on any atom is -0.456 e. The Kier molecular flexibility index (Phi) is 4.33. The van der Waals surface area contributed by atoms with Crippen LogP contribution in [0.1, 0.15) is 31.1 Å². The van der Waals surface area contributed by atoms with Crippen LogP contribution in [0.15, 0.2) is 18.2 Å². The van der Waals surface area contributed by atoms with Crippen molar-refractivity contribution in [3.05, 3.63) is 29.6 Å². The van der Waals surface area contributed by atoms with Crippen molar-refractivity contribution < 1.29 is 13.9 Å². The molecule has 0 spiro atoms. The summed E-state index contributed by atoms with van der Waals surface area (Å²) in [6.07, 6.45) is 5.08. The summed E-state index contributed by atoms with van der Waals surface area (Å²) in [6.45, 7) is 5.48. The Hall–Kier alpha value is -2.02. The molecule has 0 fully saturated rings. The highest BCUT2D eigenvalue weighted by Crippen LogP contribution is 2.18. The Labute approximate surface area is 106 Å². The van der Waals surface area contributed by atoms with E-state index in [1.807, 2.05) is 0 Å². The van der Waals surface area contributed by atoms with Crippen molar-refractivity contribution in [1.82, 2.24) is 0 Å². The molecule has 0 aromatic heterocycles. The lowest BCUT2D eigenvalue weighted by Crippen LogP contribution is -2.24. The number of hydrogen-bond acceptors (Lipinski definition) is 3. The van der Waals surface area contributed by atoms with Crippen molar-refractivity contribution in [3.63, 3.8) is 0 Å². The Bertz CT molecular complexity index is 484. The number of anilines is 1. The van der Waals surface area contributed by atoms with Crippen molar-refractivity contribution in [2.24, 2.45) is 0 Å². The number of hydrogen-bond donors (Lipinski definition) is 1. The zero-order valence-electron chi connectivity index (χ0n) is 10.7. The predicted octanol–water partition coefficient (Wildman–Crippen LogP) is 2.83. The number of halogens is 1. The second-order valence-electron chi connectivity index (χ2n) is 4.75. The van der Waals surface area contributed by atoms with Gasteiger partial charge < -0.3 is 10.1 Å². The highest BCUT2D eigenvalue weighted by molar-refractivity contribution is 5.90. The van der Waals surface area contributed by atoms with Crippen LogP contribution in [0.4, 0.5) is 10.1 Å². The van der Waals surface area contributed by atoms with E-state index >= 15 is 0 Å². The third kappa shape index (κ3) is 4.10. The summed E-state index contributed by atoms with van der Waals surface area (Å²) in [6, 6.07) is 4.18. The summed E-state index contributed by atoms with van der Waals surface area (Å²) < 4.78 is 18.8. The zero-order chi connectivity index (χ0) is 13.8. The standard InChI is InChI=1S/C14H16FNO2/c1-5-8-16-10-6-7-11(12(15)9-10)13(17)18-14(2,3)4/h1,6-7,9,16H,8H2,2-4H3. The minimum absolute atomic E-state index is 0.0869. The van der Waals surface area contributed by atoms with E-state index in [4.69, 9.17) is 11.2 Å². The number of benzene rings is 1. The molecule has 0 amide bonds. The predicted molar refractivity (Wildman–Crippen MR) is 68.9 cm³/mol. The number of terminal acetylenes is 1. The Morgan fingerprint density at radius 2 is 2.17 bits per heavy atom. The summed E-state index contributed by atoms with van der Waals surface area (Å²) in [5.74, 6) is 1.07. The maximum absolute atomic E-state index is 13.7. The molecular formula is C14H16FNO2. The third-order valence-corrected chi connectivity index (χ3v) is 1.98. The Morgan fingerprint density at radius 1 is 1.50 bits per heavy atom. The van der Waals surface area contributed by atoms with Crippen LogP contribution in [0.2, 0.25) is 0 Å². The van der Waals surface area contributed by atoms with Crippen molar-refractivity contribution >= 4 is 11.7 Å². The molecule has 18 heavy (non-hydrogen) atoms. The summed E-state index contributed by atoms with van der Waals surface area (Å²) in [5.41, 5.74) is -0.210. The molecule has 0 saturated carbocycles. The highest BCUT2D eigenvalue weighted by atomic mass is 19.1. The van der Waals surface area contributed by atoms with Gasteiger partial charge in [-0.2, -0.15) is 0 Å². The van der Waals surface area contributed by atoms with Crippen LogP contribution >= 0.6 is 0 Å². The van der Waals surface area contributed by atoms with Gasteiger partial charge in [0.25, 0.3) is 0 Å². The lowest BCUT2D eigenvalue weighted by molar-refractivity contribution is 0.00648. The second kappa shape index (κ2) is 5.54. The molecule has 0 atom stereocenters. The van der Waals surface area contributed by atoms with Crippen molar-refractivity contribution in [2.75, 3.05) is 11.9 Å². The first-order valence-corrected chi connectivity index (χ1v) is 5.54. The SMILES string of the molecule is C#CCNc1ccc(C(=O)OC(C)(C)C)c(F)c1. The molecule has 1 N–H and O–H groups in total. The van der Waals surface area contributed by atoms with Crippen LogP contribution in [0.3, 0.4) is 0 Å². The van der Waals surface area contributed by atoms with Gasteiger partial charge in [-0.3, -0.25) is 0 Å². The van der Waals surface area contributed by atoms with E-state index in [2.05, 4.69) is 11.2 Å². The summed E-state index contributed by atoms with van der Waals surface area (Å²) >= 11 is 0. The maximum atomic E-state index is 13.7. The normalized spacial score (nSPS) is 10.6. The molecule has 0 unspecified atom stereocenters. The van der Waals surface area contributed by atoms with Crippen LogP contribution in [0.25, 0.3) is 0 Å². The van der Waals surface area contributed by atoms with Gasteiger partial charge in [0.1, 0.15) is 11.4 Å². The van der Waals surface area contributed by atoms with Crippen molar-refractivity contribution in [1.29, 1.82) is 0 Å². The van der Waals surface area contributed by atoms with E-state index in [-0.39, 0.29) is 5.56 Å². The topological polar surface area (TPSA) is 38.3 Å². The lowest BCUT2D eigenvalue weighted by Gasteiger charge is -2.19. The number of nitrogens with one attached hydrogen (secondary N) is 1. The maximum Gasteiger partial charge on any atom is 0.341 e. The van der Waals surface area contributed by atoms with Gasteiger partial charge in [-0.15, -0.1) is 6.42 Å². The molecule has 0 heterocycles. The fourth-order valence-corrected chi connectivity index (χ4v) is 1.28. The summed E-state index contributed by atoms with van der Waals surface area (Å²) in [4.78, 5) is 11.7. The first-order valence-electron chi connectivity index (χ1n) is 5.54. The quantitative estimate of drug-likeness (QED) is 0.661. The molecule has 96 valence electrons. The highest BCUT2D eigenvalue weighted by Gasteiger charge is 2.20. The largest absolute Gasteiger partial charge is 0.456 e. The summed E-state index contributed by atoms with van der Waals surface area (Å²) in [5, 5.41) is 2.82. The van der Waals surface area contributed by atoms with Crippen molar-refractivity contribution in [3.8, 4) is 12.3 Å². The fourth-order valence-electron chi connectivity index (χ4n) is 1.28. The monoisotopic (exact) mass is 249 g/mol. The van der Waals surface area contributed by atoms with Gasteiger partial charge in [0.15, 0.2) is 0 Å². The molecule has 1 aromatic rings. The van der Waals surface area contributed by atoms with Gasteiger partial charge in [0.2, 0.25) is 0 Å². The van der Waals surface area contributed by atoms with Gasteiger partial charge >= 0.3 is 5.97 Å². The molecule has 0 aliphatic heterocycles. The molecule has 1 rings (SSSR count). The van der Waals surface area contributed by atoms with Crippen LogP contribution in [-0.2, 0) is 4.74 Å². The van der Waals surface area contributed by atoms with Crippen LogP contribution in [0.5, 0.6) is 0 Å². The van der Waals surface area contributed by atoms with E-state index < -0.39 is 17.4 Å². The molecular weight excluding hydrogens is 233 g/mol. The van der Waals surface area contributed by atoms with Crippen LogP contribution in [-0.4, -0.2) is 18.1 Å². The number of rotatable bonds is 3. The van der Waals surface area contributed by atoms with Gasteiger partial charge in [-0.1, -0.05) is 5.92 Å². The number of carbonyl (C=O) groups is 1. The smallest absolute Gasteiger partial charge is 0.341 e. The molecule has 4 heteroatoms. The number of carbonyl (C=O) groups excluding carboxylic acids is 1. The van der Waals surface area contributed by atoms with E-state index in [0.717, 1.165) is 0 Å². The van der Waals surface area contributed by atoms with Crippen molar-refractivity contribution in [2.45, 2.75) is 26.4 Å². The molecule has 0 aliphatic rings. The third-order valence-electron chi connectivity index (χ3n) is 1.98. The Balaban J connectivity index is 2.86. The zero-order valence-corrected chi connectivity index (χ0v) is 10.7. The van der Waals surface area contributed by atoms with E-state index in [0.29, 0.717) is 12.2 Å². The molecule has 0 bridgehead atoms. The first-order chi connectivity index (χ1) is 8.33.